The summed E-state index contributed by atoms with van der Waals surface area (Å²) < 4.78 is 0.736. The van der Waals surface area contributed by atoms with Gasteiger partial charge in [0.15, 0.2) is 0 Å². The zero-order valence-electron chi connectivity index (χ0n) is 9.89. The van der Waals surface area contributed by atoms with Gasteiger partial charge in [-0.2, -0.15) is 0 Å². The van der Waals surface area contributed by atoms with Crippen molar-refractivity contribution in [3.63, 3.8) is 0 Å². The summed E-state index contributed by atoms with van der Waals surface area (Å²) in [6.45, 7) is 0.373. The lowest BCUT2D eigenvalue weighted by molar-refractivity contribution is -0.120. The number of halogens is 1. The number of nitrogens with zero attached hydrogens (tertiary/aromatic N) is 2. The summed E-state index contributed by atoms with van der Waals surface area (Å²) in [5.74, 6) is -0.240. The number of benzene rings is 1. The molecule has 19 heavy (non-hydrogen) atoms. The van der Waals surface area contributed by atoms with Crippen LogP contribution in [0.1, 0.15) is 6.42 Å². The van der Waals surface area contributed by atoms with E-state index >= 15 is 0 Å². The minimum atomic E-state index is -0.398. The molecule has 1 aromatic carbocycles. The van der Waals surface area contributed by atoms with Crippen LogP contribution in [0, 0.1) is 0 Å². The second-order valence-corrected chi connectivity index (χ2v) is 4.99. The summed E-state index contributed by atoms with van der Waals surface area (Å²) in [6.07, 6.45) is 1.94. The molecule has 1 fully saturated rings. The fourth-order valence-electron chi connectivity index (χ4n) is 2.15. The average Bonchev–Trinajstić information content (AvgIpc) is 2.41. The molecule has 0 saturated carbocycles. The molecule has 2 heterocycles. The third-order valence-electron chi connectivity index (χ3n) is 3.07. The zero-order chi connectivity index (χ0) is 13.4. The molecular formula is C13H10BrN3O2. The van der Waals surface area contributed by atoms with Crippen molar-refractivity contribution in [3.8, 4) is 0 Å². The smallest absolute Gasteiger partial charge is 0.291 e. The van der Waals surface area contributed by atoms with Crippen molar-refractivity contribution in [2.24, 2.45) is 0 Å². The second kappa shape index (κ2) is 4.62. The number of nitrogens with one attached hydrogen (secondary N) is 1. The van der Waals surface area contributed by atoms with E-state index in [0.717, 1.165) is 15.4 Å². The minimum Gasteiger partial charge on any atom is -0.291 e. The first-order valence-electron chi connectivity index (χ1n) is 5.81. The lowest BCUT2D eigenvalue weighted by Crippen LogP contribution is -2.49. The van der Waals surface area contributed by atoms with Crippen LogP contribution in [0.4, 0.5) is 10.5 Å². The number of anilines is 1. The molecule has 1 aliphatic rings. The normalized spacial score (nSPS) is 15.7. The average molecular weight is 320 g/mol. The number of imide groups is 1. The molecule has 0 aliphatic carbocycles. The fraction of sp³-hybridized carbons (Fsp3) is 0.154. The molecule has 0 radical (unpaired) electrons. The highest BCUT2D eigenvalue weighted by Crippen LogP contribution is 2.31. The molecule has 96 valence electrons. The van der Waals surface area contributed by atoms with Crippen molar-refractivity contribution < 1.29 is 9.59 Å². The Bertz CT molecular complexity index is 687. The highest BCUT2D eigenvalue weighted by molar-refractivity contribution is 9.10. The monoisotopic (exact) mass is 319 g/mol. The molecule has 0 spiro atoms. The summed E-state index contributed by atoms with van der Waals surface area (Å²) in [5, 5.41) is 4.18. The van der Waals surface area contributed by atoms with Crippen LogP contribution in [0.5, 0.6) is 0 Å². The molecule has 3 amide bonds. The SMILES string of the molecule is O=C1CCN(c2cnc(Br)c3ccccc23)C(=O)N1. The molecule has 1 saturated heterocycles. The number of carbonyl (C=O) groups is 2. The van der Waals surface area contributed by atoms with Crippen LogP contribution in [-0.4, -0.2) is 23.5 Å². The topological polar surface area (TPSA) is 62.3 Å². The number of fused-ring (bicyclic) bond motifs is 1. The third-order valence-corrected chi connectivity index (χ3v) is 3.70. The largest absolute Gasteiger partial charge is 0.328 e. The van der Waals surface area contributed by atoms with Gasteiger partial charge in [-0.25, -0.2) is 9.78 Å². The molecule has 6 heteroatoms. The Morgan fingerprint density at radius 1 is 1.21 bits per heavy atom. The molecule has 1 N–H and O–H groups in total. The van der Waals surface area contributed by atoms with Crippen molar-refractivity contribution >= 4 is 44.3 Å². The van der Waals surface area contributed by atoms with E-state index in [2.05, 4.69) is 26.2 Å². The van der Waals surface area contributed by atoms with Crippen LogP contribution in [0.25, 0.3) is 10.8 Å². The Balaban J connectivity index is 2.13. The molecule has 1 aliphatic heterocycles. The molecule has 0 atom stereocenters. The molecule has 5 nitrogen and oxygen atoms in total. The van der Waals surface area contributed by atoms with Gasteiger partial charge in [-0.1, -0.05) is 24.3 Å². The van der Waals surface area contributed by atoms with Crippen LogP contribution in [-0.2, 0) is 4.79 Å². The molecule has 0 unspecified atom stereocenters. The maximum absolute atomic E-state index is 11.9. The number of carbonyl (C=O) groups excluding carboxylic acids is 2. The predicted molar refractivity (Wildman–Crippen MR) is 74.9 cm³/mol. The van der Waals surface area contributed by atoms with Gasteiger partial charge in [0.1, 0.15) is 4.60 Å². The lowest BCUT2D eigenvalue weighted by Gasteiger charge is -2.27. The van der Waals surface area contributed by atoms with Crippen LogP contribution in [0.15, 0.2) is 35.1 Å². The van der Waals surface area contributed by atoms with E-state index in [1.54, 1.807) is 11.1 Å². The van der Waals surface area contributed by atoms with E-state index in [0.29, 0.717) is 18.7 Å². The minimum absolute atomic E-state index is 0.240. The van der Waals surface area contributed by atoms with Gasteiger partial charge >= 0.3 is 6.03 Å². The Kier molecular flexibility index (Phi) is 2.94. The van der Waals surface area contributed by atoms with Gasteiger partial charge in [-0.05, 0) is 15.9 Å². The molecule has 2 aromatic rings. The fourth-order valence-corrected chi connectivity index (χ4v) is 2.60. The number of pyridine rings is 1. The van der Waals surface area contributed by atoms with E-state index < -0.39 is 6.03 Å². The van der Waals surface area contributed by atoms with Crippen LogP contribution < -0.4 is 10.2 Å². The second-order valence-electron chi connectivity index (χ2n) is 4.23. The molecule has 1 aromatic heterocycles. The van der Waals surface area contributed by atoms with Gasteiger partial charge in [0.25, 0.3) is 0 Å². The Labute approximate surface area is 117 Å². The summed E-state index contributed by atoms with van der Waals surface area (Å²) in [4.78, 5) is 28.9. The molecule has 0 bridgehead atoms. The summed E-state index contributed by atoms with van der Waals surface area (Å²) >= 11 is 3.40. The molecule has 3 rings (SSSR count). The van der Waals surface area contributed by atoms with Gasteiger partial charge < -0.3 is 0 Å². The first-order chi connectivity index (χ1) is 9.16. The maximum atomic E-state index is 11.9. The Hall–Kier alpha value is -1.95. The summed E-state index contributed by atoms with van der Waals surface area (Å²) in [7, 11) is 0. The summed E-state index contributed by atoms with van der Waals surface area (Å²) in [5.41, 5.74) is 0.712. The number of urea groups is 1. The maximum Gasteiger partial charge on any atom is 0.328 e. The van der Waals surface area contributed by atoms with E-state index in [9.17, 15) is 9.59 Å². The third kappa shape index (κ3) is 2.08. The quantitative estimate of drug-likeness (QED) is 0.821. The predicted octanol–water partition coefficient (Wildman–Crippen LogP) is 2.44. The van der Waals surface area contributed by atoms with Gasteiger partial charge in [0.2, 0.25) is 5.91 Å². The van der Waals surface area contributed by atoms with Crippen molar-refractivity contribution in [2.75, 3.05) is 11.4 Å². The van der Waals surface area contributed by atoms with E-state index in [4.69, 9.17) is 0 Å². The van der Waals surface area contributed by atoms with E-state index in [-0.39, 0.29) is 5.91 Å². The number of hydrogen-bond acceptors (Lipinski definition) is 3. The number of aromatic nitrogens is 1. The standard InChI is InChI=1S/C13H10BrN3O2/c14-12-9-4-2-1-3-8(9)10(7-15-12)17-6-5-11(18)16-13(17)19/h1-4,7H,5-6H2,(H,16,18,19). The van der Waals surface area contributed by atoms with Gasteiger partial charge in [-0.15, -0.1) is 0 Å². The Morgan fingerprint density at radius 3 is 2.68 bits per heavy atom. The first kappa shape index (κ1) is 12.1. The van der Waals surface area contributed by atoms with E-state index in [1.807, 2.05) is 24.3 Å². The van der Waals surface area contributed by atoms with Crippen molar-refractivity contribution in [1.82, 2.24) is 10.3 Å². The number of amides is 3. The van der Waals surface area contributed by atoms with Crippen molar-refractivity contribution in [2.45, 2.75) is 6.42 Å². The van der Waals surface area contributed by atoms with Gasteiger partial charge in [0.05, 0.1) is 11.9 Å². The van der Waals surface area contributed by atoms with Crippen molar-refractivity contribution in [1.29, 1.82) is 0 Å². The zero-order valence-corrected chi connectivity index (χ0v) is 11.5. The van der Waals surface area contributed by atoms with Gasteiger partial charge in [-0.3, -0.25) is 15.0 Å². The van der Waals surface area contributed by atoms with Crippen LogP contribution in [0.3, 0.4) is 0 Å². The first-order valence-corrected chi connectivity index (χ1v) is 6.61. The number of hydrogen-bond donors (Lipinski definition) is 1. The Morgan fingerprint density at radius 2 is 1.95 bits per heavy atom. The van der Waals surface area contributed by atoms with Crippen molar-refractivity contribution in [3.05, 3.63) is 35.1 Å². The summed E-state index contributed by atoms with van der Waals surface area (Å²) in [6, 6.07) is 7.29. The molecular weight excluding hydrogens is 310 g/mol. The van der Waals surface area contributed by atoms with Crippen LogP contribution in [0.2, 0.25) is 0 Å². The van der Waals surface area contributed by atoms with E-state index in [1.165, 1.54) is 0 Å². The number of rotatable bonds is 1. The van der Waals surface area contributed by atoms with Crippen LogP contribution >= 0.6 is 15.9 Å². The lowest BCUT2D eigenvalue weighted by atomic mass is 10.1. The van der Waals surface area contributed by atoms with Gasteiger partial charge in [0, 0.05) is 23.7 Å². The highest BCUT2D eigenvalue weighted by Gasteiger charge is 2.25. The highest BCUT2D eigenvalue weighted by atomic mass is 79.9.